The lowest BCUT2D eigenvalue weighted by Gasteiger charge is -2.24. The summed E-state index contributed by atoms with van der Waals surface area (Å²) in [6.45, 7) is 6.78. The van der Waals surface area contributed by atoms with Crippen LogP contribution in [0, 0.1) is 20.8 Å². The van der Waals surface area contributed by atoms with Crippen LogP contribution in [0.15, 0.2) is 90.0 Å². The van der Waals surface area contributed by atoms with Gasteiger partial charge >= 0.3 is 0 Å². The van der Waals surface area contributed by atoms with Gasteiger partial charge in [-0.15, -0.1) is 11.8 Å². The average molecular weight is 523 g/mol. The van der Waals surface area contributed by atoms with E-state index in [9.17, 15) is 9.59 Å². The number of thioether (sulfide) groups is 1. The Balaban J connectivity index is 1.25. The molecule has 4 aromatic rings. The van der Waals surface area contributed by atoms with Crippen molar-refractivity contribution in [3.05, 3.63) is 124 Å². The van der Waals surface area contributed by atoms with Crippen LogP contribution in [-0.4, -0.2) is 33.2 Å². The second-order valence-corrected chi connectivity index (χ2v) is 10.5. The first-order chi connectivity index (χ1) is 18.4. The Morgan fingerprint density at radius 2 is 1.71 bits per heavy atom. The van der Waals surface area contributed by atoms with Gasteiger partial charge in [0.1, 0.15) is 5.37 Å². The first-order valence-corrected chi connectivity index (χ1v) is 13.6. The molecule has 0 saturated carbocycles. The van der Waals surface area contributed by atoms with Gasteiger partial charge in [0.05, 0.1) is 12.0 Å². The van der Waals surface area contributed by atoms with E-state index in [0.29, 0.717) is 17.9 Å². The van der Waals surface area contributed by atoms with E-state index in [1.165, 1.54) is 5.56 Å². The van der Waals surface area contributed by atoms with Gasteiger partial charge in [-0.2, -0.15) is 5.10 Å². The SMILES string of the molecule is Cc1ccccc1-n1c(C)cc(/C=N\NC(=O)c2ccc([C@H]3SCC(=O)N3Cc3ccccc3)cc2)c1C. The standard InChI is InChI=1S/C31H30N4O2S/c1-21-9-7-8-12-28(21)35-22(2)17-27(23(35)3)18-32-33-30(37)25-13-15-26(16-14-25)31-34(29(36)20-38-31)19-24-10-5-4-6-11-24/h4-18,31H,19-20H2,1-3H3,(H,33,37)/b32-18-/t31-/m1/s1. The maximum atomic E-state index is 12.7. The van der Waals surface area contributed by atoms with Crippen molar-refractivity contribution in [3.63, 3.8) is 0 Å². The monoisotopic (exact) mass is 522 g/mol. The Kier molecular flexibility index (Phi) is 7.47. The molecule has 1 aliphatic rings. The Morgan fingerprint density at radius 3 is 2.45 bits per heavy atom. The molecule has 0 spiro atoms. The van der Waals surface area contributed by atoms with Gasteiger partial charge in [-0.25, -0.2) is 5.43 Å². The molecule has 0 unspecified atom stereocenters. The highest BCUT2D eigenvalue weighted by molar-refractivity contribution is 8.00. The lowest BCUT2D eigenvalue weighted by atomic mass is 10.1. The summed E-state index contributed by atoms with van der Waals surface area (Å²) in [6, 6.07) is 27.7. The third-order valence-corrected chi connectivity index (χ3v) is 8.07. The summed E-state index contributed by atoms with van der Waals surface area (Å²) in [5, 5.41) is 4.15. The molecule has 6 nitrogen and oxygen atoms in total. The van der Waals surface area contributed by atoms with Crippen molar-refractivity contribution < 1.29 is 9.59 Å². The Bertz CT molecular complexity index is 1490. The lowest BCUT2D eigenvalue weighted by molar-refractivity contribution is -0.128. The van der Waals surface area contributed by atoms with Crippen molar-refractivity contribution in [1.29, 1.82) is 0 Å². The Hall–Kier alpha value is -4.10. The minimum absolute atomic E-state index is 0.0682. The average Bonchev–Trinajstić information content (AvgIpc) is 3.43. The Labute approximate surface area is 227 Å². The number of rotatable bonds is 7. The summed E-state index contributed by atoms with van der Waals surface area (Å²) in [7, 11) is 0. The number of carbonyl (C=O) groups excluding carboxylic acids is 2. The molecule has 2 amide bonds. The molecule has 1 aliphatic heterocycles. The van der Waals surface area contributed by atoms with Crippen LogP contribution in [0.3, 0.4) is 0 Å². The van der Waals surface area contributed by atoms with Crippen LogP contribution in [0.4, 0.5) is 0 Å². The molecule has 192 valence electrons. The second kappa shape index (κ2) is 11.1. The van der Waals surface area contributed by atoms with Gasteiger partial charge in [0.25, 0.3) is 5.91 Å². The van der Waals surface area contributed by atoms with Crippen molar-refractivity contribution in [2.45, 2.75) is 32.7 Å². The molecule has 38 heavy (non-hydrogen) atoms. The molecule has 0 radical (unpaired) electrons. The number of amides is 2. The fraction of sp³-hybridized carbons (Fsp3) is 0.194. The summed E-state index contributed by atoms with van der Waals surface area (Å²) in [5.41, 5.74) is 10.7. The van der Waals surface area contributed by atoms with Gasteiger partial charge in [-0.3, -0.25) is 9.59 Å². The molecular weight excluding hydrogens is 492 g/mol. The van der Waals surface area contributed by atoms with Crippen molar-refractivity contribution in [3.8, 4) is 5.69 Å². The molecule has 1 saturated heterocycles. The Morgan fingerprint density at radius 1 is 1.00 bits per heavy atom. The molecule has 1 fully saturated rings. The van der Waals surface area contributed by atoms with Gasteiger partial charge in [0.15, 0.2) is 0 Å². The van der Waals surface area contributed by atoms with E-state index in [4.69, 9.17) is 0 Å². The number of carbonyl (C=O) groups is 2. The smallest absolute Gasteiger partial charge is 0.271 e. The van der Waals surface area contributed by atoms with Gasteiger partial charge in [0.2, 0.25) is 5.91 Å². The van der Waals surface area contributed by atoms with E-state index in [-0.39, 0.29) is 17.2 Å². The molecule has 1 N–H and O–H groups in total. The maximum Gasteiger partial charge on any atom is 0.271 e. The molecule has 0 bridgehead atoms. The number of aryl methyl sites for hydroxylation is 2. The molecule has 1 atom stereocenters. The summed E-state index contributed by atoms with van der Waals surface area (Å²) in [5.74, 6) is 0.303. The molecule has 3 aromatic carbocycles. The minimum atomic E-state index is -0.281. The fourth-order valence-corrected chi connectivity index (χ4v) is 6.00. The zero-order valence-corrected chi connectivity index (χ0v) is 22.5. The maximum absolute atomic E-state index is 12.7. The van der Waals surface area contributed by atoms with Gasteiger partial charge in [0, 0.05) is 34.7 Å². The van der Waals surface area contributed by atoms with Crippen molar-refractivity contribution in [2.75, 3.05) is 5.75 Å². The number of para-hydroxylation sites is 1. The second-order valence-electron chi connectivity index (χ2n) is 9.44. The van der Waals surface area contributed by atoms with Crippen LogP contribution >= 0.6 is 11.8 Å². The third-order valence-electron chi connectivity index (χ3n) is 6.82. The van der Waals surface area contributed by atoms with Gasteiger partial charge in [-0.05, 0) is 61.7 Å². The number of aromatic nitrogens is 1. The van der Waals surface area contributed by atoms with E-state index in [1.807, 2.05) is 66.4 Å². The summed E-state index contributed by atoms with van der Waals surface area (Å²) in [4.78, 5) is 27.2. The highest BCUT2D eigenvalue weighted by atomic mass is 32.2. The molecule has 7 heteroatoms. The highest BCUT2D eigenvalue weighted by Gasteiger charge is 2.32. The van der Waals surface area contributed by atoms with Crippen LogP contribution in [0.1, 0.15) is 49.4 Å². The molecular formula is C31H30N4O2S. The zero-order valence-electron chi connectivity index (χ0n) is 21.7. The first-order valence-electron chi connectivity index (χ1n) is 12.6. The fourth-order valence-electron chi connectivity index (χ4n) is 4.81. The number of nitrogens with one attached hydrogen (secondary N) is 1. The predicted octanol–water partition coefficient (Wildman–Crippen LogP) is 5.94. The summed E-state index contributed by atoms with van der Waals surface area (Å²) in [6.07, 6.45) is 1.69. The zero-order chi connectivity index (χ0) is 26.6. The van der Waals surface area contributed by atoms with Gasteiger partial charge in [-0.1, -0.05) is 60.7 Å². The van der Waals surface area contributed by atoms with Gasteiger partial charge < -0.3 is 9.47 Å². The number of hydrogen-bond donors (Lipinski definition) is 1. The number of hydrazone groups is 1. The summed E-state index contributed by atoms with van der Waals surface area (Å²) >= 11 is 1.61. The van der Waals surface area contributed by atoms with Crippen molar-refractivity contribution >= 4 is 29.8 Å². The molecule has 5 rings (SSSR count). The van der Waals surface area contributed by atoms with Crippen LogP contribution < -0.4 is 5.43 Å². The van der Waals surface area contributed by atoms with Crippen molar-refractivity contribution in [1.82, 2.24) is 14.9 Å². The van der Waals surface area contributed by atoms with E-state index in [0.717, 1.165) is 33.8 Å². The number of hydrogen-bond acceptors (Lipinski definition) is 4. The van der Waals surface area contributed by atoms with Crippen LogP contribution in [0.25, 0.3) is 5.69 Å². The minimum Gasteiger partial charge on any atom is -0.322 e. The predicted molar refractivity (Wildman–Crippen MR) is 154 cm³/mol. The van der Waals surface area contributed by atoms with Crippen LogP contribution in [0.2, 0.25) is 0 Å². The first kappa shape index (κ1) is 25.5. The normalized spacial score (nSPS) is 15.4. The van der Waals surface area contributed by atoms with E-state index in [2.05, 4.69) is 47.1 Å². The number of nitrogens with zero attached hydrogens (tertiary/aromatic N) is 3. The topological polar surface area (TPSA) is 66.7 Å². The molecule has 1 aromatic heterocycles. The van der Waals surface area contributed by atoms with Crippen LogP contribution in [-0.2, 0) is 11.3 Å². The van der Waals surface area contributed by atoms with E-state index in [1.54, 1.807) is 30.1 Å². The van der Waals surface area contributed by atoms with E-state index >= 15 is 0 Å². The largest absolute Gasteiger partial charge is 0.322 e. The molecule has 0 aliphatic carbocycles. The third kappa shape index (κ3) is 5.29. The summed E-state index contributed by atoms with van der Waals surface area (Å²) < 4.78 is 2.20. The lowest BCUT2D eigenvalue weighted by Crippen LogP contribution is -2.27. The number of benzene rings is 3. The molecule has 2 heterocycles. The highest BCUT2D eigenvalue weighted by Crippen LogP contribution is 2.39. The van der Waals surface area contributed by atoms with Crippen LogP contribution in [0.5, 0.6) is 0 Å². The quantitative estimate of drug-likeness (QED) is 0.241. The van der Waals surface area contributed by atoms with E-state index < -0.39 is 0 Å². The van der Waals surface area contributed by atoms with Crippen molar-refractivity contribution in [2.24, 2.45) is 5.10 Å².